The third-order valence-electron chi connectivity index (χ3n) is 6.49. The number of amides is 1. The first-order chi connectivity index (χ1) is 17.7. The van der Waals surface area contributed by atoms with Crippen molar-refractivity contribution in [2.45, 2.75) is 38.7 Å². The number of halogens is 3. The van der Waals surface area contributed by atoms with Gasteiger partial charge in [0.2, 0.25) is 0 Å². The fraction of sp³-hybridized carbons (Fsp3) is 0.259. The molecule has 2 aromatic carbocycles. The van der Waals surface area contributed by atoms with Crippen LogP contribution in [-0.2, 0) is 6.54 Å². The molecule has 2 unspecified atom stereocenters. The second kappa shape index (κ2) is 10.2. The smallest absolute Gasteiger partial charge is 0.279 e. The van der Waals surface area contributed by atoms with Gasteiger partial charge >= 0.3 is 0 Å². The summed E-state index contributed by atoms with van der Waals surface area (Å²) in [6, 6.07) is 14.6. The molecule has 0 fully saturated rings. The van der Waals surface area contributed by atoms with Gasteiger partial charge in [-0.3, -0.25) is 9.69 Å². The van der Waals surface area contributed by atoms with Gasteiger partial charge in [0.05, 0.1) is 23.5 Å². The molecule has 7 nitrogen and oxygen atoms in total. The zero-order valence-electron chi connectivity index (χ0n) is 20.4. The topological polar surface area (TPSA) is 70.8 Å². The summed E-state index contributed by atoms with van der Waals surface area (Å²) < 4.78 is 7.86. The standard InChI is InChI=1S/C27H25BrCl2N4O3/c1-15(2)33-24-22(31-27(33)28)26(36)34(23(24)17-6-8-18(29)9-7-17)19-12-21(30)25(35)32(14-19)13-16-4-10-20(37-3)11-5-16/h4-12,14-15,23,25,35H,13H2,1-3H3. The van der Waals surface area contributed by atoms with Crippen LogP contribution in [0.4, 0.5) is 0 Å². The molecule has 1 N–H and O–H groups in total. The molecular formula is C27H25BrCl2N4O3. The zero-order valence-corrected chi connectivity index (χ0v) is 23.5. The molecule has 2 aliphatic rings. The van der Waals surface area contributed by atoms with Crippen molar-refractivity contribution in [1.29, 1.82) is 0 Å². The molecule has 3 aromatic rings. The summed E-state index contributed by atoms with van der Waals surface area (Å²) in [6.07, 6.45) is 2.36. The van der Waals surface area contributed by atoms with E-state index in [1.165, 1.54) is 0 Å². The molecule has 0 aliphatic carbocycles. The lowest BCUT2D eigenvalue weighted by molar-refractivity contribution is 0.0611. The molecule has 0 saturated heterocycles. The van der Waals surface area contributed by atoms with Crippen LogP contribution >= 0.6 is 39.1 Å². The van der Waals surface area contributed by atoms with Gasteiger partial charge < -0.3 is 19.3 Å². The van der Waals surface area contributed by atoms with E-state index in [9.17, 15) is 9.90 Å². The first kappa shape index (κ1) is 25.9. The molecule has 37 heavy (non-hydrogen) atoms. The van der Waals surface area contributed by atoms with Crippen molar-refractivity contribution >= 4 is 45.0 Å². The Morgan fingerprint density at radius 3 is 2.41 bits per heavy atom. The Bertz CT molecular complexity index is 1400. The van der Waals surface area contributed by atoms with Gasteiger partial charge in [-0.1, -0.05) is 47.5 Å². The molecule has 3 heterocycles. The molecule has 2 atom stereocenters. The molecule has 1 aromatic heterocycles. The van der Waals surface area contributed by atoms with E-state index in [2.05, 4.69) is 20.9 Å². The van der Waals surface area contributed by atoms with Gasteiger partial charge in [0.25, 0.3) is 5.91 Å². The first-order valence-electron chi connectivity index (χ1n) is 11.7. The third-order valence-corrected chi connectivity index (χ3v) is 7.61. The molecule has 0 spiro atoms. The van der Waals surface area contributed by atoms with Crippen molar-refractivity contribution in [3.63, 3.8) is 0 Å². The lowest BCUT2D eigenvalue weighted by atomic mass is 10.0. The summed E-state index contributed by atoms with van der Waals surface area (Å²) in [6.45, 7) is 4.46. The molecule has 0 radical (unpaired) electrons. The van der Waals surface area contributed by atoms with Crippen molar-refractivity contribution in [2.24, 2.45) is 0 Å². The number of hydrogen-bond donors (Lipinski definition) is 1. The number of fused-ring (bicyclic) bond motifs is 1. The molecule has 10 heteroatoms. The summed E-state index contributed by atoms with van der Waals surface area (Å²) in [5.74, 6) is 0.496. The summed E-state index contributed by atoms with van der Waals surface area (Å²) in [5.41, 5.74) is 3.54. The molecular weight excluding hydrogens is 579 g/mol. The predicted octanol–water partition coefficient (Wildman–Crippen LogP) is 6.23. The van der Waals surface area contributed by atoms with Crippen LogP contribution in [0, 0.1) is 0 Å². The Morgan fingerprint density at radius 1 is 1.11 bits per heavy atom. The van der Waals surface area contributed by atoms with Crippen LogP contribution in [0.15, 0.2) is 76.3 Å². The average molecular weight is 604 g/mol. The Balaban J connectivity index is 1.59. The van der Waals surface area contributed by atoms with Gasteiger partial charge in [-0.2, -0.15) is 0 Å². The first-order valence-corrected chi connectivity index (χ1v) is 13.3. The number of carbonyl (C=O) groups is 1. The number of imidazole rings is 1. The van der Waals surface area contributed by atoms with Crippen LogP contribution in [0.3, 0.4) is 0 Å². The number of nitrogens with zero attached hydrogens (tertiary/aromatic N) is 4. The van der Waals surface area contributed by atoms with Gasteiger partial charge in [-0.15, -0.1) is 0 Å². The number of benzene rings is 2. The summed E-state index contributed by atoms with van der Waals surface area (Å²) in [4.78, 5) is 21.8. The van der Waals surface area contributed by atoms with Gasteiger partial charge in [0.15, 0.2) is 16.7 Å². The van der Waals surface area contributed by atoms with Crippen molar-refractivity contribution in [1.82, 2.24) is 19.4 Å². The zero-order chi connectivity index (χ0) is 26.4. The monoisotopic (exact) mass is 602 g/mol. The maximum absolute atomic E-state index is 13.9. The van der Waals surface area contributed by atoms with Crippen LogP contribution in [0.2, 0.25) is 5.02 Å². The lowest BCUT2D eigenvalue weighted by Crippen LogP contribution is -2.37. The maximum Gasteiger partial charge on any atom is 0.279 e. The Hall–Kier alpha value is -2.78. The molecule has 2 aliphatic heterocycles. The quantitative estimate of drug-likeness (QED) is 0.362. The summed E-state index contributed by atoms with van der Waals surface area (Å²) in [7, 11) is 1.61. The van der Waals surface area contributed by atoms with Crippen LogP contribution in [0.1, 0.15) is 53.2 Å². The molecule has 1 amide bonds. The fourth-order valence-electron chi connectivity index (χ4n) is 4.76. The minimum atomic E-state index is -1.04. The highest BCUT2D eigenvalue weighted by Gasteiger charge is 2.45. The second-order valence-corrected chi connectivity index (χ2v) is 10.8. The van der Waals surface area contributed by atoms with Crippen LogP contribution in [-0.4, -0.2) is 43.7 Å². The highest BCUT2D eigenvalue weighted by molar-refractivity contribution is 9.10. The average Bonchev–Trinajstić information content (AvgIpc) is 3.35. The molecule has 0 saturated carbocycles. The highest BCUT2D eigenvalue weighted by atomic mass is 79.9. The van der Waals surface area contributed by atoms with Crippen molar-refractivity contribution in [3.05, 3.63) is 104 Å². The largest absolute Gasteiger partial charge is 0.497 e. The van der Waals surface area contributed by atoms with E-state index < -0.39 is 12.3 Å². The lowest BCUT2D eigenvalue weighted by Gasteiger charge is -2.35. The Labute approximate surface area is 233 Å². The van der Waals surface area contributed by atoms with E-state index in [0.29, 0.717) is 27.7 Å². The van der Waals surface area contributed by atoms with E-state index >= 15 is 0 Å². The van der Waals surface area contributed by atoms with E-state index in [4.69, 9.17) is 27.9 Å². The van der Waals surface area contributed by atoms with E-state index in [-0.39, 0.29) is 17.0 Å². The predicted molar refractivity (Wildman–Crippen MR) is 146 cm³/mol. The van der Waals surface area contributed by atoms with Crippen molar-refractivity contribution in [2.75, 3.05) is 7.11 Å². The van der Waals surface area contributed by atoms with Gasteiger partial charge in [0.1, 0.15) is 11.8 Å². The van der Waals surface area contributed by atoms with Gasteiger partial charge in [0, 0.05) is 23.8 Å². The second-order valence-electron chi connectivity index (χ2n) is 9.18. The normalized spacial score (nSPS) is 19.3. The minimum absolute atomic E-state index is 0.0565. The fourth-order valence-corrected chi connectivity index (χ4v) is 5.90. The van der Waals surface area contributed by atoms with E-state index in [0.717, 1.165) is 22.6 Å². The van der Waals surface area contributed by atoms with Gasteiger partial charge in [-0.05, 0) is 71.2 Å². The number of aliphatic hydroxyl groups excluding tert-OH is 1. The van der Waals surface area contributed by atoms with Crippen molar-refractivity contribution < 1.29 is 14.6 Å². The van der Waals surface area contributed by atoms with Crippen LogP contribution in [0.5, 0.6) is 5.75 Å². The number of rotatable bonds is 6. The number of hydrogen-bond acceptors (Lipinski definition) is 5. The van der Waals surface area contributed by atoms with E-state index in [1.54, 1.807) is 41.3 Å². The number of aliphatic hydroxyl groups is 1. The van der Waals surface area contributed by atoms with E-state index in [1.807, 2.05) is 54.8 Å². The number of methoxy groups -OCH3 is 1. The number of carbonyl (C=O) groups excluding carboxylic acids is 1. The van der Waals surface area contributed by atoms with Crippen LogP contribution < -0.4 is 4.74 Å². The minimum Gasteiger partial charge on any atom is -0.497 e. The number of allylic oxidation sites excluding steroid dienone is 1. The molecule has 5 rings (SSSR count). The number of ether oxygens (including phenoxy) is 1. The van der Waals surface area contributed by atoms with Crippen molar-refractivity contribution in [3.8, 4) is 5.75 Å². The van der Waals surface area contributed by atoms with Gasteiger partial charge in [-0.25, -0.2) is 4.98 Å². The third kappa shape index (κ3) is 4.68. The summed E-state index contributed by atoms with van der Waals surface area (Å²) >= 11 is 16.2. The molecule has 192 valence electrons. The highest BCUT2D eigenvalue weighted by Crippen LogP contribution is 2.45. The van der Waals surface area contributed by atoms with Crippen LogP contribution in [0.25, 0.3) is 0 Å². The summed E-state index contributed by atoms with van der Waals surface area (Å²) in [5, 5.41) is 11.7. The molecule has 0 bridgehead atoms. The Morgan fingerprint density at radius 2 is 1.78 bits per heavy atom. The maximum atomic E-state index is 13.9. The number of aromatic nitrogens is 2. The Kier molecular flexibility index (Phi) is 7.11. The SMILES string of the molecule is COc1ccc(CN2C=C(N3C(=O)c4nc(Br)n(C(C)C)c4C3c3ccc(Cl)cc3)C=C(Cl)C2O)cc1.